The van der Waals surface area contributed by atoms with Gasteiger partial charge < -0.3 is 5.73 Å². The van der Waals surface area contributed by atoms with E-state index >= 15 is 0 Å². The van der Waals surface area contributed by atoms with Gasteiger partial charge in [0, 0.05) is 24.7 Å². The minimum Gasteiger partial charge on any atom is -0.327 e. The third-order valence-electron chi connectivity index (χ3n) is 5.33. The third-order valence-corrected chi connectivity index (χ3v) is 5.33. The maximum Gasteiger partial charge on any atom is 0.0596 e. The number of rotatable bonds is 4. The summed E-state index contributed by atoms with van der Waals surface area (Å²) in [5.41, 5.74) is 9.39. The topological polar surface area (TPSA) is 43.8 Å². The van der Waals surface area contributed by atoms with Crippen LogP contribution in [-0.2, 0) is 13.0 Å². The number of nitrogens with two attached hydrogens (primary N) is 1. The summed E-state index contributed by atoms with van der Waals surface area (Å²) in [6.07, 6.45) is 6.24. The van der Waals surface area contributed by atoms with E-state index in [-0.39, 0.29) is 6.04 Å². The first-order valence-electron chi connectivity index (χ1n) is 8.60. The lowest BCUT2D eigenvalue weighted by atomic mass is 9.68. The molecule has 0 saturated heterocycles. The molecule has 120 valence electrons. The molecule has 0 amide bonds. The first kappa shape index (κ1) is 16.5. The Morgan fingerprint density at radius 2 is 1.90 bits per heavy atom. The van der Waals surface area contributed by atoms with Crippen molar-refractivity contribution in [1.29, 1.82) is 0 Å². The van der Waals surface area contributed by atoms with Gasteiger partial charge >= 0.3 is 0 Å². The van der Waals surface area contributed by atoms with Crippen molar-refractivity contribution in [3.05, 3.63) is 17.5 Å². The second kappa shape index (κ2) is 6.51. The molecule has 0 aliphatic heterocycles. The van der Waals surface area contributed by atoms with Crippen molar-refractivity contribution in [2.24, 2.45) is 23.0 Å². The highest BCUT2D eigenvalue weighted by atomic mass is 15.3. The third kappa shape index (κ3) is 4.09. The largest absolute Gasteiger partial charge is 0.327 e. The molecule has 1 unspecified atom stereocenters. The Kier molecular flexibility index (Phi) is 5.13. The number of aryl methyl sites for hydroxylation is 2. The predicted octanol–water partition coefficient (Wildman–Crippen LogP) is 3.93. The molecule has 0 aromatic carbocycles. The Hall–Kier alpha value is -0.830. The summed E-state index contributed by atoms with van der Waals surface area (Å²) < 4.78 is 2.11. The van der Waals surface area contributed by atoms with Crippen LogP contribution < -0.4 is 5.73 Å². The maximum atomic E-state index is 6.53. The van der Waals surface area contributed by atoms with Gasteiger partial charge in [-0.1, -0.05) is 20.8 Å². The van der Waals surface area contributed by atoms with Gasteiger partial charge in [0.25, 0.3) is 0 Å². The van der Waals surface area contributed by atoms with Gasteiger partial charge in [-0.05, 0) is 62.8 Å². The van der Waals surface area contributed by atoms with Crippen LogP contribution in [0.2, 0.25) is 0 Å². The molecule has 1 fully saturated rings. The van der Waals surface area contributed by atoms with Crippen LogP contribution in [0.4, 0.5) is 0 Å². The normalized spacial score (nSPS) is 25.0. The average Bonchev–Trinajstić information content (AvgIpc) is 2.78. The number of aromatic nitrogens is 2. The van der Waals surface area contributed by atoms with Gasteiger partial charge in [0.15, 0.2) is 0 Å². The van der Waals surface area contributed by atoms with Gasteiger partial charge in [-0.3, -0.25) is 4.68 Å². The molecule has 2 N–H and O–H groups in total. The predicted molar refractivity (Wildman–Crippen MR) is 89.2 cm³/mol. The van der Waals surface area contributed by atoms with Gasteiger partial charge in [0.05, 0.1) is 5.69 Å². The summed E-state index contributed by atoms with van der Waals surface area (Å²) in [6, 6.07) is 2.48. The van der Waals surface area contributed by atoms with E-state index in [1.54, 1.807) is 0 Å². The molecule has 0 spiro atoms. The standard InChI is InChI=1S/C18H33N3/c1-6-21-16(11-13(2)20-21)12-17(19)14-7-9-15(10-8-14)18(3,4)5/h11,14-15,17H,6-10,12,19H2,1-5H3. The second-order valence-electron chi connectivity index (χ2n) is 7.94. The van der Waals surface area contributed by atoms with E-state index in [9.17, 15) is 0 Å². The van der Waals surface area contributed by atoms with Crippen LogP contribution >= 0.6 is 0 Å². The molecular formula is C18H33N3. The molecule has 1 heterocycles. The molecule has 0 radical (unpaired) electrons. The molecular weight excluding hydrogens is 258 g/mol. The summed E-state index contributed by atoms with van der Waals surface area (Å²) in [6.45, 7) is 12.3. The lowest BCUT2D eigenvalue weighted by molar-refractivity contribution is 0.139. The van der Waals surface area contributed by atoms with Crippen LogP contribution in [0.25, 0.3) is 0 Å². The zero-order valence-corrected chi connectivity index (χ0v) is 14.5. The Labute approximate surface area is 130 Å². The monoisotopic (exact) mass is 291 g/mol. The fourth-order valence-corrected chi connectivity index (χ4v) is 3.86. The summed E-state index contributed by atoms with van der Waals surface area (Å²) in [4.78, 5) is 0. The van der Waals surface area contributed by atoms with Crippen LogP contribution in [0.5, 0.6) is 0 Å². The Balaban J connectivity index is 1.91. The lowest BCUT2D eigenvalue weighted by Crippen LogP contribution is -2.37. The van der Waals surface area contributed by atoms with Crippen molar-refractivity contribution < 1.29 is 0 Å². The van der Waals surface area contributed by atoms with Gasteiger partial charge in [0.2, 0.25) is 0 Å². The van der Waals surface area contributed by atoms with E-state index < -0.39 is 0 Å². The van der Waals surface area contributed by atoms with Gasteiger partial charge in [0.1, 0.15) is 0 Å². The number of hydrogen-bond acceptors (Lipinski definition) is 2. The lowest BCUT2D eigenvalue weighted by Gasteiger charge is -2.38. The fraction of sp³-hybridized carbons (Fsp3) is 0.833. The molecule has 1 atom stereocenters. The fourth-order valence-electron chi connectivity index (χ4n) is 3.86. The first-order chi connectivity index (χ1) is 9.81. The summed E-state index contributed by atoms with van der Waals surface area (Å²) in [5.74, 6) is 1.55. The highest BCUT2D eigenvalue weighted by Crippen LogP contribution is 2.40. The smallest absolute Gasteiger partial charge is 0.0596 e. The molecule has 2 rings (SSSR count). The quantitative estimate of drug-likeness (QED) is 0.913. The van der Waals surface area contributed by atoms with E-state index in [1.807, 2.05) is 0 Å². The minimum absolute atomic E-state index is 0.285. The van der Waals surface area contributed by atoms with Crippen LogP contribution in [0.15, 0.2) is 6.07 Å². The summed E-state index contributed by atoms with van der Waals surface area (Å²) in [5, 5.41) is 4.53. The van der Waals surface area contributed by atoms with Crippen molar-refractivity contribution >= 4 is 0 Å². The van der Waals surface area contributed by atoms with Crippen molar-refractivity contribution in [2.45, 2.75) is 79.3 Å². The molecule has 1 aromatic heterocycles. The van der Waals surface area contributed by atoms with E-state index in [0.717, 1.165) is 24.6 Å². The summed E-state index contributed by atoms with van der Waals surface area (Å²) in [7, 11) is 0. The van der Waals surface area contributed by atoms with Crippen molar-refractivity contribution in [2.75, 3.05) is 0 Å². The van der Waals surface area contributed by atoms with Crippen LogP contribution in [0.1, 0.15) is 64.8 Å². The van der Waals surface area contributed by atoms with E-state index in [1.165, 1.54) is 31.4 Å². The van der Waals surface area contributed by atoms with Crippen molar-refractivity contribution in [3.8, 4) is 0 Å². The molecule has 21 heavy (non-hydrogen) atoms. The van der Waals surface area contributed by atoms with Crippen LogP contribution in [0.3, 0.4) is 0 Å². The Morgan fingerprint density at radius 3 is 2.43 bits per heavy atom. The van der Waals surface area contributed by atoms with Crippen molar-refractivity contribution in [3.63, 3.8) is 0 Å². The zero-order valence-electron chi connectivity index (χ0n) is 14.5. The van der Waals surface area contributed by atoms with E-state index in [0.29, 0.717) is 11.3 Å². The Morgan fingerprint density at radius 1 is 1.29 bits per heavy atom. The number of nitrogens with zero attached hydrogens (tertiary/aromatic N) is 2. The molecule has 1 saturated carbocycles. The average molecular weight is 291 g/mol. The summed E-state index contributed by atoms with van der Waals surface area (Å²) >= 11 is 0. The molecule has 1 aliphatic carbocycles. The molecule has 3 heteroatoms. The van der Waals surface area contributed by atoms with Crippen LogP contribution in [0, 0.1) is 24.2 Å². The molecule has 3 nitrogen and oxygen atoms in total. The van der Waals surface area contributed by atoms with Gasteiger partial charge in [-0.2, -0.15) is 5.10 Å². The molecule has 1 aliphatic rings. The van der Waals surface area contributed by atoms with Crippen molar-refractivity contribution in [1.82, 2.24) is 9.78 Å². The first-order valence-corrected chi connectivity index (χ1v) is 8.60. The Bertz CT molecular complexity index is 448. The van der Waals surface area contributed by atoms with Gasteiger partial charge in [-0.15, -0.1) is 0 Å². The number of hydrogen-bond donors (Lipinski definition) is 1. The van der Waals surface area contributed by atoms with E-state index in [4.69, 9.17) is 5.73 Å². The second-order valence-corrected chi connectivity index (χ2v) is 7.94. The van der Waals surface area contributed by atoms with E-state index in [2.05, 4.69) is 50.5 Å². The highest BCUT2D eigenvalue weighted by Gasteiger charge is 2.32. The molecule has 1 aromatic rings. The SMILES string of the molecule is CCn1nc(C)cc1CC(N)C1CCC(C(C)(C)C)CC1. The highest BCUT2D eigenvalue weighted by molar-refractivity contribution is 5.10. The minimum atomic E-state index is 0.285. The zero-order chi connectivity index (χ0) is 15.6. The van der Waals surface area contributed by atoms with Gasteiger partial charge in [-0.25, -0.2) is 0 Å². The molecule has 0 bridgehead atoms. The maximum absolute atomic E-state index is 6.53. The van der Waals surface area contributed by atoms with Crippen LogP contribution in [-0.4, -0.2) is 15.8 Å².